The van der Waals surface area contributed by atoms with Gasteiger partial charge in [0.2, 0.25) is 0 Å². The minimum Gasteiger partial charge on any atom is -0.496 e. The number of aromatic nitrogens is 2. The lowest BCUT2D eigenvalue weighted by Crippen LogP contribution is -2.04. The second-order valence-corrected chi connectivity index (χ2v) is 5.28. The molecule has 0 atom stereocenters. The largest absolute Gasteiger partial charge is 0.496 e. The Kier molecular flexibility index (Phi) is 4.27. The maximum Gasteiger partial charge on any atom is 0.175 e. The maximum atomic E-state index is 5.65. The average Bonchev–Trinajstić information content (AvgIpc) is 2.73. The van der Waals surface area contributed by atoms with Crippen LogP contribution in [-0.4, -0.2) is 23.6 Å². The molecule has 0 aliphatic carbocycles. The smallest absolute Gasteiger partial charge is 0.175 e. The van der Waals surface area contributed by atoms with Crippen LogP contribution in [0.3, 0.4) is 0 Å². The summed E-state index contributed by atoms with van der Waals surface area (Å²) in [5, 5.41) is 0. The van der Waals surface area contributed by atoms with Crippen molar-refractivity contribution in [3.63, 3.8) is 0 Å². The van der Waals surface area contributed by atoms with E-state index in [4.69, 9.17) is 10.5 Å². The third-order valence-electron chi connectivity index (χ3n) is 3.14. The van der Waals surface area contributed by atoms with Gasteiger partial charge in [-0.15, -0.1) is 0 Å². The maximum absolute atomic E-state index is 5.65. The van der Waals surface area contributed by atoms with E-state index in [-0.39, 0.29) is 0 Å². The lowest BCUT2D eigenvalue weighted by atomic mass is 10.00. The van der Waals surface area contributed by atoms with Gasteiger partial charge in [-0.25, -0.2) is 4.98 Å². The first-order chi connectivity index (χ1) is 9.06. The number of benzene rings is 1. The van der Waals surface area contributed by atoms with Crippen molar-refractivity contribution in [3.8, 4) is 17.0 Å². The number of halogens is 1. The van der Waals surface area contributed by atoms with Crippen LogP contribution in [0.25, 0.3) is 11.3 Å². The molecule has 2 rings (SSSR count). The molecule has 5 heteroatoms. The quantitative estimate of drug-likeness (QED) is 0.909. The molecule has 0 saturated carbocycles. The number of aryl methyl sites for hydroxylation is 2. The predicted octanol–water partition coefficient (Wildman–Crippen LogP) is 2.97. The van der Waals surface area contributed by atoms with Crippen molar-refractivity contribution in [2.75, 3.05) is 13.7 Å². The molecule has 3 N–H and O–H groups in total. The second-order valence-electron chi connectivity index (χ2n) is 4.53. The molecule has 1 aromatic heterocycles. The first kappa shape index (κ1) is 14.1. The van der Waals surface area contributed by atoms with E-state index >= 15 is 0 Å². The van der Waals surface area contributed by atoms with Gasteiger partial charge in [-0.2, -0.15) is 0 Å². The summed E-state index contributed by atoms with van der Waals surface area (Å²) in [4.78, 5) is 7.74. The molecule has 0 aliphatic rings. The van der Waals surface area contributed by atoms with Gasteiger partial charge >= 0.3 is 0 Å². The number of ether oxygens (including phenoxy) is 1. The van der Waals surface area contributed by atoms with Crippen LogP contribution in [0.5, 0.6) is 5.75 Å². The number of nitrogens with one attached hydrogen (secondary N) is 1. The first-order valence-electron chi connectivity index (χ1n) is 6.17. The van der Waals surface area contributed by atoms with Gasteiger partial charge in [-0.3, -0.25) is 0 Å². The van der Waals surface area contributed by atoms with E-state index in [1.54, 1.807) is 7.11 Å². The number of H-pyrrole nitrogens is 1. The molecule has 0 unspecified atom stereocenters. The van der Waals surface area contributed by atoms with Gasteiger partial charge in [0.25, 0.3) is 0 Å². The highest BCUT2D eigenvalue weighted by Gasteiger charge is 2.14. The molecule has 0 radical (unpaired) electrons. The van der Waals surface area contributed by atoms with E-state index in [0.29, 0.717) is 6.54 Å². The molecule has 0 aliphatic heterocycles. The fourth-order valence-corrected chi connectivity index (χ4v) is 2.61. The Morgan fingerprint density at radius 3 is 2.68 bits per heavy atom. The van der Waals surface area contributed by atoms with E-state index < -0.39 is 0 Å². The Balaban J connectivity index is 2.55. The van der Waals surface area contributed by atoms with Gasteiger partial charge in [-0.1, -0.05) is 0 Å². The monoisotopic (exact) mass is 323 g/mol. The van der Waals surface area contributed by atoms with Crippen molar-refractivity contribution < 1.29 is 4.74 Å². The molecule has 0 fully saturated rings. The fourth-order valence-electron chi connectivity index (χ4n) is 2.19. The van der Waals surface area contributed by atoms with Crippen molar-refractivity contribution in [2.45, 2.75) is 20.3 Å². The molecule has 19 heavy (non-hydrogen) atoms. The lowest BCUT2D eigenvalue weighted by molar-refractivity contribution is 0.411. The first-order valence-corrected chi connectivity index (χ1v) is 6.96. The summed E-state index contributed by atoms with van der Waals surface area (Å²) in [6.45, 7) is 4.69. The van der Waals surface area contributed by atoms with Crippen molar-refractivity contribution in [3.05, 3.63) is 33.7 Å². The zero-order valence-electron chi connectivity index (χ0n) is 11.4. The van der Waals surface area contributed by atoms with Crippen molar-refractivity contribution in [1.82, 2.24) is 9.97 Å². The van der Waals surface area contributed by atoms with Gasteiger partial charge in [0.1, 0.15) is 5.75 Å². The Hall–Kier alpha value is -1.33. The molecule has 1 heterocycles. The van der Waals surface area contributed by atoms with E-state index in [0.717, 1.165) is 45.0 Å². The minimum atomic E-state index is 0.593. The zero-order valence-corrected chi connectivity index (χ0v) is 13.0. The van der Waals surface area contributed by atoms with E-state index in [2.05, 4.69) is 38.9 Å². The van der Waals surface area contributed by atoms with E-state index in [1.807, 2.05) is 13.0 Å². The second kappa shape index (κ2) is 5.75. The number of hydrogen-bond acceptors (Lipinski definition) is 3. The Bertz CT molecular complexity index is 593. The van der Waals surface area contributed by atoms with Crippen LogP contribution in [-0.2, 0) is 6.42 Å². The van der Waals surface area contributed by atoms with Gasteiger partial charge in [-0.05, 0) is 59.6 Å². The molecule has 102 valence electrons. The summed E-state index contributed by atoms with van der Waals surface area (Å²) in [6.07, 6.45) is 0.776. The summed E-state index contributed by atoms with van der Waals surface area (Å²) in [5.41, 5.74) is 11.0. The molecule has 0 saturated heterocycles. The summed E-state index contributed by atoms with van der Waals surface area (Å²) in [6, 6.07) is 4.15. The zero-order chi connectivity index (χ0) is 14.0. The van der Waals surface area contributed by atoms with Crippen LogP contribution >= 0.6 is 15.9 Å². The number of aromatic amines is 1. The molecule has 2 aromatic rings. The topological polar surface area (TPSA) is 63.9 Å². The highest BCUT2D eigenvalue weighted by molar-refractivity contribution is 9.10. The third-order valence-corrected chi connectivity index (χ3v) is 3.52. The minimum absolute atomic E-state index is 0.593. The van der Waals surface area contributed by atoms with Crippen LogP contribution in [0.1, 0.15) is 16.8 Å². The molecule has 1 aromatic carbocycles. The SMILES string of the molecule is COc1cc(C)c(-c2nc(Br)[nH]c2CCN)cc1C. The molecular formula is C14H18BrN3O. The van der Waals surface area contributed by atoms with Crippen molar-refractivity contribution in [1.29, 1.82) is 0 Å². The summed E-state index contributed by atoms with van der Waals surface area (Å²) >= 11 is 3.39. The highest BCUT2D eigenvalue weighted by atomic mass is 79.9. The highest BCUT2D eigenvalue weighted by Crippen LogP contribution is 2.31. The van der Waals surface area contributed by atoms with E-state index in [9.17, 15) is 0 Å². The summed E-state index contributed by atoms with van der Waals surface area (Å²) in [7, 11) is 1.69. The Morgan fingerprint density at radius 1 is 1.32 bits per heavy atom. The standard InChI is InChI=1S/C14H18BrN3O/c1-8-7-12(19-3)9(2)6-10(8)13-11(4-5-16)17-14(15)18-13/h6-7H,4-5,16H2,1-3H3,(H,17,18). The van der Waals surface area contributed by atoms with Gasteiger partial charge in [0.15, 0.2) is 4.73 Å². The molecule has 4 nitrogen and oxygen atoms in total. The Labute approximate surface area is 121 Å². The fraction of sp³-hybridized carbons (Fsp3) is 0.357. The van der Waals surface area contributed by atoms with Crippen LogP contribution in [0.4, 0.5) is 0 Å². The number of nitrogens with two attached hydrogens (primary N) is 1. The molecular weight excluding hydrogens is 306 g/mol. The van der Waals surface area contributed by atoms with Gasteiger partial charge in [0, 0.05) is 17.7 Å². The van der Waals surface area contributed by atoms with E-state index in [1.165, 1.54) is 0 Å². The van der Waals surface area contributed by atoms with Crippen molar-refractivity contribution >= 4 is 15.9 Å². The number of hydrogen-bond donors (Lipinski definition) is 2. The van der Waals surface area contributed by atoms with Crippen LogP contribution in [0, 0.1) is 13.8 Å². The van der Waals surface area contributed by atoms with Gasteiger partial charge < -0.3 is 15.5 Å². The average molecular weight is 324 g/mol. The number of rotatable bonds is 4. The van der Waals surface area contributed by atoms with Crippen molar-refractivity contribution in [2.24, 2.45) is 5.73 Å². The molecule has 0 bridgehead atoms. The van der Waals surface area contributed by atoms with Crippen LogP contribution in [0.15, 0.2) is 16.9 Å². The number of imidazole rings is 1. The van der Waals surface area contributed by atoms with Gasteiger partial charge in [0.05, 0.1) is 12.8 Å². The van der Waals surface area contributed by atoms with Crippen LogP contribution in [0.2, 0.25) is 0 Å². The summed E-state index contributed by atoms with van der Waals surface area (Å²) in [5.74, 6) is 0.899. The van der Waals surface area contributed by atoms with Crippen LogP contribution < -0.4 is 10.5 Å². The lowest BCUT2D eigenvalue weighted by Gasteiger charge is -2.11. The third kappa shape index (κ3) is 2.82. The number of methoxy groups -OCH3 is 1. The predicted molar refractivity (Wildman–Crippen MR) is 80.5 cm³/mol. The summed E-state index contributed by atoms with van der Waals surface area (Å²) < 4.78 is 6.08. The normalized spacial score (nSPS) is 10.8. The number of nitrogens with zero attached hydrogens (tertiary/aromatic N) is 1. The molecule has 0 spiro atoms. The Morgan fingerprint density at radius 2 is 2.05 bits per heavy atom. The molecule has 0 amide bonds.